The largest absolute Gasteiger partial charge is 0.398 e. The molecule has 122 valence electrons. The number of hydrogen-bond acceptors (Lipinski definition) is 4. The molecule has 4 nitrogen and oxygen atoms in total. The van der Waals surface area contributed by atoms with Gasteiger partial charge in [-0.3, -0.25) is 4.79 Å². The van der Waals surface area contributed by atoms with Gasteiger partial charge in [-0.2, -0.15) is 0 Å². The van der Waals surface area contributed by atoms with Crippen LogP contribution in [-0.2, 0) is 11.2 Å². The topological polar surface area (TPSA) is 59.2 Å². The van der Waals surface area contributed by atoms with Crippen molar-refractivity contribution in [3.05, 3.63) is 34.3 Å². The molecule has 0 atom stereocenters. The molecule has 1 amide bonds. The molecular weight excluding hydrogens is 330 g/mol. The van der Waals surface area contributed by atoms with Gasteiger partial charge in [0.15, 0.2) is 0 Å². The fraction of sp³-hybridized carbons (Fsp3) is 0.412. The average Bonchev–Trinajstić information content (AvgIpc) is 2.83. The summed E-state index contributed by atoms with van der Waals surface area (Å²) in [4.78, 5) is 19.0. The van der Waals surface area contributed by atoms with Gasteiger partial charge in [0.25, 0.3) is 0 Å². The van der Waals surface area contributed by atoms with Crippen LogP contribution in [0.15, 0.2) is 23.6 Å². The lowest BCUT2D eigenvalue weighted by Gasteiger charge is -2.19. The summed E-state index contributed by atoms with van der Waals surface area (Å²) in [6, 6.07) is 5.50. The van der Waals surface area contributed by atoms with E-state index < -0.39 is 0 Å². The molecule has 0 radical (unpaired) electrons. The molecule has 0 unspecified atom stereocenters. The lowest BCUT2D eigenvalue weighted by atomic mass is 10.2. The van der Waals surface area contributed by atoms with Gasteiger partial charge < -0.3 is 10.6 Å². The van der Waals surface area contributed by atoms with Crippen molar-refractivity contribution < 1.29 is 4.79 Å². The van der Waals surface area contributed by atoms with Gasteiger partial charge in [0.2, 0.25) is 5.91 Å². The van der Waals surface area contributed by atoms with Crippen LogP contribution in [0, 0.1) is 0 Å². The molecule has 2 aromatic rings. The number of nitrogens with two attached hydrogens (primary N) is 1. The van der Waals surface area contributed by atoms with Gasteiger partial charge in [-0.05, 0) is 25.0 Å². The van der Waals surface area contributed by atoms with Gasteiger partial charge in [0.1, 0.15) is 5.01 Å². The van der Waals surface area contributed by atoms with Crippen molar-refractivity contribution in [1.82, 2.24) is 9.88 Å². The standard InChI is InChI=1S/C17H20ClN3OS/c18-14-6-5-12(9-15(14)19)17-20-13(11-23-17)10-16(22)21-7-3-1-2-4-8-21/h5-6,9,11H,1-4,7-8,10,19H2. The van der Waals surface area contributed by atoms with Gasteiger partial charge in [-0.1, -0.05) is 30.5 Å². The van der Waals surface area contributed by atoms with Gasteiger partial charge in [-0.25, -0.2) is 4.98 Å². The molecule has 6 heteroatoms. The van der Waals surface area contributed by atoms with Crippen LogP contribution in [-0.4, -0.2) is 28.9 Å². The number of benzene rings is 1. The molecule has 1 aromatic heterocycles. The van der Waals surface area contributed by atoms with Crippen LogP contribution in [0.3, 0.4) is 0 Å². The predicted molar refractivity (Wildman–Crippen MR) is 95.7 cm³/mol. The van der Waals surface area contributed by atoms with Crippen LogP contribution in [0.2, 0.25) is 5.02 Å². The van der Waals surface area contributed by atoms with Gasteiger partial charge in [0.05, 0.1) is 22.8 Å². The maximum absolute atomic E-state index is 12.4. The Hall–Kier alpha value is -1.59. The molecule has 1 aliphatic heterocycles. The summed E-state index contributed by atoms with van der Waals surface area (Å²) in [5.41, 5.74) is 8.15. The summed E-state index contributed by atoms with van der Waals surface area (Å²) in [6.45, 7) is 1.76. The Morgan fingerprint density at radius 1 is 1.26 bits per heavy atom. The van der Waals surface area contributed by atoms with Gasteiger partial charge in [-0.15, -0.1) is 11.3 Å². The third-order valence-electron chi connectivity index (χ3n) is 4.09. The number of carbonyl (C=O) groups excluding carboxylic acids is 1. The number of likely N-dealkylation sites (tertiary alicyclic amines) is 1. The van der Waals surface area contributed by atoms with Gasteiger partial charge in [0, 0.05) is 24.0 Å². The fourth-order valence-corrected chi connectivity index (χ4v) is 3.72. The van der Waals surface area contributed by atoms with E-state index in [1.54, 1.807) is 6.07 Å². The van der Waals surface area contributed by atoms with E-state index in [-0.39, 0.29) is 5.91 Å². The number of rotatable bonds is 3. The highest BCUT2D eigenvalue weighted by Gasteiger charge is 2.17. The first kappa shape index (κ1) is 16.3. The summed E-state index contributed by atoms with van der Waals surface area (Å²) in [5, 5.41) is 3.37. The van der Waals surface area contributed by atoms with Crippen LogP contribution in [0.1, 0.15) is 31.4 Å². The minimum absolute atomic E-state index is 0.180. The molecule has 0 aliphatic carbocycles. The average molecular weight is 350 g/mol. The predicted octanol–water partition coefficient (Wildman–Crippen LogP) is 3.99. The third-order valence-corrected chi connectivity index (χ3v) is 5.37. The maximum Gasteiger partial charge on any atom is 0.228 e. The molecule has 0 bridgehead atoms. The van der Waals surface area contributed by atoms with Gasteiger partial charge >= 0.3 is 0 Å². The molecular formula is C17H20ClN3OS. The van der Waals surface area contributed by atoms with Crippen LogP contribution < -0.4 is 5.73 Å². The minimum atomic E-state index is 0.180. The lowest BCUT2D eigenvalue weighted by Crippen LogP contribution is -2.33. The van der Waals surface area contributed by atoms with Crippen molar-refractivity contribution in [1.29, 1.82) is 0 Å². The third kappa shape index (κ3) is 4.03. The first-order valence-electron chi connectivity index (χ1n) is 7.91. The number of hydrogen-bond donors (Lipinski definition) is 1. The van der Waals surface area contributed by atoms with E-state index in [9.17, 15) is 4.79 Å². The van der Waals surface area contributed by atoms with Crippen molar-refractivity contribution in [3.63, 3.8) is 0 Å². The molecule has 1 aliphatic rings. The second-order valence-corrected chi connectivity index (χ2v) is 7.12. The number of nitrogens with zero attached hydrogens (tertiary/aromatic N) is 2. The summed E-state index contributed by atoms with van der Waals surface area (Å²) >= 11 is 7.48. The summed E-state index contributed by atoms with van der Waals surface area (Å²) < 4.78 is 0. The van der Waals surface area contributed by atoms with E-state index in [1.165, 1.54) is 24.2 Å². The van der Waals surface area contributed by atoms with E-state index in [4.69, 9.17) is 17.3 Å². The van der Waals surface area contributed by atoms with E-state index in [2.05, 4.69) is 4.98 Å². The number of nitrogen functional groups attached to an aromatic ring is 1. The van der Waals surface area contributed by atoms with Crippen molar-refractivity contribution >= 4 is 34.5 Å². The Morgan fingerprint density at radius 3 is 2.70 bits per heavy atom. The Bertz CT molecular complexity index is 693. The molecule has 1 fully saturated rings. The lowest BCUT2D eigenvalue weighted by molar-refractivity contribution is -0.130. The summed E-state index contributed by atoms with van der Waals surface area (Å²) in [6.07, 6.45) is 5.04. The van der Waals surface area contributed by atoms with Crippen LogP contribution in [0.5, 0.6) is 0 Å². The number of amides is 1. The molecule has 0 spiro atoms. The molecule has 1 aromatic carbocycles. The first-order chi connectivity index (χ1) is 11.1. The minimum Gasteiger partial charge on any atom is -0.398 e. The van der Waals surface area contributed by atoms with Crippen LogP contribution >= 0.6 is 22.9 Å². The van der Waals surface area contributed by atoms with Crippen molar-refractivity contribution in [2.24, 2.45) is 0 Å². The SMILES string of the molecule is Nc1cc(-c2nc(CC(=O)N3CCCCCC3)cs2)ccc1Cl. The van der Waals surface area contributed by atoms with E-state index in [0.29, 0.717) is 17.1 Å². The highest BCUT2D eigenvalue weighted by atomic mass is 35.5. The second kappa shape index (κ2) is 7.32. The number of thiazole rings is 1. The van der Waals surface area contributed by atoms with Crippen LogP contribution in [0.4, 0.5) is 5.69 Å². The van der Waals surface area contributed by atoms with E-state index in [1.807, 2.05) is 22.4 Å². The molecule has 2 heterocycles. The fourth-order valence-electron chi connectivity index (χ4n) is 2.78. The molecule has 1 saturated heterocycles. The number of aromatic nitrogens is 1. The van der Waals surface area contributed by atoms with Crippen LogP contribution in [0.25, 0.3) is 10.6 Å². The Kier molecular flexibility index (Phi) is 5.18. The van der Waals surface area contributed by atoms with E-state index in [0.717, 1.165) is 42.2 Å². The normalized spacial score (nSPS) is 15.4. The molecule has 2 N–H and O–H groups in total. The zero-order valence-corrected chi connectivity index (χ0v) is 14.5. The van der Waals surface area contributed by atoms with Crippen molar-refractivity contribution in [3.8, 4) is 10.6 Å². The highest BCUT2D eigenvalue weighted by molar-refractivity contribution is 7.13. The Balaban J connectivity index is 1.69. The zero-order valence-electron chi connectivity index (χ0n) is 12.9. The smallest absolute Gasteiger partial charge is 0.228 e. The monoisotopic (exact) mass is 349 g/mol. The second-order valence-electron chi connectivity index (χ2n) is 5.85. The van der Waals surface area contributed by atoms with Crippen molar-refractivity contribution in [2.75, 3.05) is 18.8 Å². The molecule has 23 heavy (non-hydrogen) atoms. The van der Waals surface area contributed by atoms with E-state index >= 15 is 0 Å². The molecule has 3 rings (SSSR count). The summed E-state index contributed by atoms with van der Waals surface area (Å²) in [5.74, 6) is 0.180. The Morgan fingerprint density at radius 2 is 2.00 bits per heavy atom. The Labute approximate surface area is 145 Å². The number of halogens is 1. The molecule has 0 saturated carbocycles. The van der Waals surface area contributed by atoms with Crippen molar-refractivity contribution in [2.45, 2.75) is 32.1 Å². The quantitative estimate of drug-likeness (QED) is 0.852. The number of carbonyl (C=O) groups is 1. The first-order valence-corrected chi connectivity index (χ1v) is 9.17. The summed E-state index contributed by atoms with van der Waals surface area (Å²) in [7, 11) is 0. The highest BCUT2D eigenvalue weighted by Crippen LogP contribution is 2.29. The maximum atomic E-state index is 12.4. The number of anilines is 1. The zero-order chi connectivity index (χ0) is 16.2.